The lowest BCUT2D eigenvalue weighted by molar-refractivity contribution is -0.266. The van der Waals surface area contributed by atoms with Gasteiger partial charge in [-0.05, 0) is 48.5 Å². The number of anilines is 1. The van der Waals surface area contributed by atoms with Crippen LogP contribution in [0.3, 0.4) is 0 Å². The fourth-order valence-corrected chi connectivity index (χ4v) is 3.31. The molecule has 0 saturated carbocycles. The van der Waals surface area contributed by atoms with E-state index in [1.807, 2.05) is 18.2 Å². The van der Waals surface area contributed by atoms with Gasteiger partial charge in [-0.3, -0.25) is 0 Å². The van der Waals surface area contributed by atoms with Crippen LogP contribution in [-0.2, 0) is 10.0 Å². The third-order valence-corrected chi connectivity index (χ3v) is 4.85. The number of nitrogens with one attached hydrogen (secondary N) is 2. The number of amidine groups is 1. The van der Waals surface area contributed by atoms with Gasteiger partial charge in [-0.15, -0.1) is 0 Å². The monoisotopic (exact) mass is 353 g/mol. The predicted octanol–water partition coefficient (Wildman–Crippen LogP) is 1.72. The highest BCUT2D eigenvalue weighted by molar-refractivity contribution is 7.84. The van der Waals surface area contributed by atoms with Gasteiger partial charge >= 0.3 is 10.0 Å². The molecule has 5 nitrogen and oxygen atoms in total. The van der Waals surface area contributed by atoms with Crippen LogP contribution in [0.1, 0.15) is 5.56 Å². The Morgan fingerprint density at radius 3 is 1.96 bits per heavy atom. The molecule has 25 heavy (non-hydrogen) atoms. The summed E-state index contributed by atoms with van der Waals surface area (Å²) in [7, 11) is -3.73. The van der Waals surface area contributed by atoms with E-state index in [1.54, 1.807) is 42.5 Å². The maximum atomic E-state index is 12.6. The van der Waals surface area contributed by atoms with Crippen molar-refractivity contribution in [3.05, 3.63) is 90.5 Å². The molecule has 0 radical (unpaired) electrons. The summed E-state index contributed by atoms with van der Waals surface area (Å²) >= 11 is 0. The second-order valence-electron chi connectivity index (χ2n) is 5.33. The largest absolute Gasteiger partial charge is 0.508 e. The highest BCUT2D eigenvalue weighted by Gasteiger charge is 2.20. The van der Waals surface area contributed by atoms with E-state index in [0.717, 1.165) is 0 Å². The lowest BCUT2D eigenvalue weighted by atomic mass is 10.2. The fourth-order valence-electron chi connectivity index (χ4n) is 2.24. The standard InChI is InChI=1S/C19H16N2O3S/c22-17-13-11-16(12-14-17)20-19(15-7-3-1-4-8-15)21-25(23,24)18-9-5-2-6-10-18/h1-14,22H,(H,20,21)/p+1. The highest BCUT2D eigenvalue weighted by Crippen LogP contribution is 2.14. The van der Waals surface area contributed by atoms with Crippen LogP contribution in [0, 0.1) is 0 Å². The van der Waals surface area contributed by atoms with Crippen molar-refractivity contribution in [1.82, 2.24) is 0 Å². The van der Waals surface area contributed by atoms with Gasteiger partial charge in [0, 0.05) is 0 Å². The van der Waals surface area contributed by atoms with Crippen LogP contribution in [-0.4, -0.2) is 19.4 Å². The summed E-state index contributed by atoms with van der Waals surface area (Å²) < 4.78 is 27.9. The topological polar surface area (TPSA) is 80.4 Å². The van der Waals surface area contributed by atoms with Gasteiger partial charge < -0.3 is 5.11 Å². The van der Waals surface area contributed by atoms with Gasteiger partial charge in [0.15, 0.2) is 0 Å². The second-order valence-corrected chi connectivity index (χ2v) is 7.01. The van der Waals surface area contributed by atoms with Crippen molar-refractivity contribution in [3.63, 3.8) is 0 Å². The quantitative estimate of drug-likeness (QED) is 0.379. The third-order valence-electron chi connectivity index (χ3n) is 3.49. The first kappa shape index (κ1) is 16.7. The van der Waals surface area contributed by atoms with E-state index >= 15 is 0 Å². The Morgan fingerprint density at radius 2 is 1.36 bits per heavy atom. The molecule has 0 aliphatic rings. The highest BCUT2D eigenvalue weighted by atomic mass is 32.2. The van der Waals surface area contributed by atoms with Crippen LogP contribution in [0.15, 0.2) is 89.8 Å². The number of rotatable bonds is 4. The van der Waals surface area contributed by atoms with Crippen LogP contribution < -0.4 is 9.71 Å². The molecule has 0 spiro atoms. The smallest absolute Gasteiger partial charge is 0.328 e. The lowest BCUT2D eigenvalue weighted by Crippen LogP contribution is -2.78. The van der Waals surface area contributed by atoms with E-state index in [9.17, 15) is 13.5 Å². The first-order chi connectivity index (χ1) is 12.0. The van der Waals surface area contributed by atoms with Crippen LogP contribution in [0.5, 0.6) is 5.75 Å². The fraction of sp³-hybridized carbons (Fsp3) is 0. The lowest BCUT2D eigenvalue weighted by Gasteiger charge is -2.05. The Hall–Kier alpha value is -3.12. The molecule has 0 saturated heterocycles. The average molecular weight is 353 g/mol. The Balaban J connectivity index is 2.03. The molecule has 3 N–H and O–H groups in total. The molecule has 6 heteroatoms. The van der Waals surface area contributed by atoms with E-state index < -0.39 is 10.0 Å². The molecule has 0 bridgehead atoms. The Kier molecular flexibility index (Phi) is 4.81. The Labute approximate surface area is 146 Å². The van der Waals surface area contributed by atoms with Gasteiger partial charge in [-0.25, -0.2) is 5.32 Å². The van der Waals surface area contributed by atoms with Crippen molar-refractivity contribution in [1.29, 1.82) is 0 Å². The number of sulfonamides is 1. The Morgan fingerprint density at radius 1 is 0.800 bits per heavy atom. The number of hydrogen-bond donors (Lipinski definition) is 3. The summed E-state index contributed by atoms with van der Waals surface area (Å²) in [5, 5.41) is 12.5. The first-order valence-electron chi connectivity index (χ1n) is 7.61. The van der Waals surface area contributed by atoms with Gasteiger partial charge in [0.05, 0.1) is 5.56 Å². The normalized spacial score (nSPS) is 11.9. The van der Waals surface area contributed by atoms with Crippen molar-refractivity contribution in [3.8, 4) is 5.75 Å². The number of hydrogen-bond acceptors (Lipinski definition) is 3. The summed E-state index contributed by atoms with van der Waals surface area (Å²) in [6, 6.07) is 23.6. The van der Waals surface area contributed by atoms with Crippen molar-refractivity contribution in [2.45, 2.75) is 4.90 Å². The third kappa shape index (κ3) is 4.24. The average Bonchev–Trinajstić information content (AvgIpc) is 2.64. The van der Waals surface area contributed by atoms with Crippen LogP contribution >= 0.6 is 0 Å². The van der Waals surface area contributed by atoms with Gasteiger partial charge in [-0.1, -0.05) is 36.4 Å². The van der Waals surface area contributed by atoms with Crippen LogP contribution in [0.4, 0.5) is 5.69 Å². The molecule has 0 aliphatic carbocycles. The summed E-state index contributed by atoms with van der Waals surface area (Å²) in [5.74, 6) is 0.465. The van der Waals surface area contributed by atoms with Crippen LogP contribution in [0.2, 0.25) is 0 Å². The molecule has 3 rings (SSSR count). The SMILES string of the molecule is O=S(=O)([NH+]=C(Nc1ccc(O)cc1)c1ccccc1)c1ccccc1. The van der Waals surface area contributed by atoms with Gasteiger partial charge in [-0.2, -0.15) is 12.8 Å². The van der Waals surface area contributed by atoms with Crippen LogP contribution in [0.25, 0.3) is 0 Å². The van der Waals surface area contributed by atoms with E-state index in [-0.39, 0.29) is 10.6 Å². The van der Waals surface area contributed by atoms with E-state index in [4.69, 9.17) is 0 Å². The van der Waals surface area contributed by atoms with Crippen molar-refractivity contribution in [2.24, 2.45) is 0 Å². The van der Waals surface area contributed by atoms with Crippen molar-refractivity contribution >= 4 is 21.5 Å². The zero-order valence-corrected chi connectivity index (χ0v) is 14.1. The number of phenolic OH excluding ortho intramolecular Hbond substituents is 1. The molecule has 0 amide bonds. The number of benzene rings is 3. The molecular weight excluding hydrogens is 336 g/mol. The summed E-state index contributed by atoms with van der Waals surface area (Å²) in [4.78, 5) is 0.177. The molecular formula is C19H17N2O3S+. The maximum Gasteiger partial charge on any atom is 0.328 e. The Bertz CT molecular complexity index is 968. The minimum atomic E-state index is -3.73. The van der Waals surface area contributed by atoms with Gasteiger partial charge in [0.2, 0.25) is 0 Å². The molecule has 3 aromatic rings. The zero-order valence-electron chi connectivity index (χ0n) is 13.3. The molecule has 0 aromatic heterocycles. The molecule has 0 atom stereocenters. The second kappa shape index (κ2) is 7.19. The molecule has 0 fully saturated rings. The minimum absolute atomic E-state index is 0.136. The van der Waals surface area contributed by atoms with E-state index in [0.29, 0.717) is 17.1 Å². The van der Waals surface area contributed by atoms with E-state index in [1.165, 1.54) is 24.3 Å². The zero-order chi connectivity index (χ0) is 17.7. The molecule has 0 unspecified atom stereocenters. The molecule has 3 aromatic carbocycles. The van der Waals surface area contributed by atoms with Gasteiger partial charge in [0.1, 0.15) is 16.3 Å². The molecule has 0 heterocycles. The summed E-state index contributed by atoms with van der Waals surface area (Å²) in [6.07, 6.45) is 0. The van der Waals surface area contributed by atoms with Crippen molar-refractivity contribution in [2.75, 3.05) is 5.32 Å². The molecule has 0 aliphatic heterocycles. The molecule has 126 valence electrons. The van der Waals surface area contributed by atoms with Crippen molar-refractivity contribution < 1.29 is 17.9 Å². The number of aromatic hydroxyl groups is 1. The number of phenols is 1. The predicted molar refractivity (Wildman–Crippen MR) is 96.9 cm³/mol. The minimum Gasteiger partial charge on any atom is -0.508 e. The summed E-state index contributed by atoms with van der Waals surface area (Å²) in [6.45, 7) is 0. The first-order valence-corrected chi connectivity index (χ1v) is 9.09. The maximum absolute atomic E-state index is 12.6. The van der Waals surface area contributed by atoms with Gasteiger partial charge in [0.25, 0.3) is 5.84 Å². The summed E-state index contributed by atoms with van der Waals surface area (Å²) in [5.41, 5.74) is 1.34. The van der Waals surface area contributed by atoms with E-state index in [2.05, 4.69) is 9.71 Å².